The lowest BCUT2D eigenvalue weighted by Crippen LogP contribution is -2.43. The molecule has 2 rings (SSSR count). The van der Waals surface area contributed by atoms with E-state index in [-0.39, 0.29) is 17.7 Å². The predicted molar refractivity (Wildman–Crippen MR) is 65.7 cm³/mol. The third-order valence-corrected chi connectivity index (χ3v) is 3.04. The van der Waals surface area contributed by atoms with Crippen LogP contribution in [-0.2, 0) is 16.1 Å². The maximum atomic E-state index is 11.8. The Bertz CT molecular complexity index is 431. The Morgan fingerprint density at radius 3 is 3.11 bits per heavy atom. The van der Waals surface area contributed by atoms with Gasteiger partial charge in [0.1, 0.15) is 0 Å². The largest absolute Gasteiger partial charge is 0.355 e. The van der Waals surface area contributed by atoms with Gasteiger partial charge in [-0.1, -0.05) is 0 Å². The number of hydrogen-bond donors (Lipinski definition) is 2. The normalized spacial score (nSPS) is 19.4. The highest BCUT2D eigenvalue weighted by molar-refractivity contribution is 5.83. The van der Waals surface area contributed by atoms with Crippen LogP contribution in [0.2, 0.25) is 0 Å². The summed E-state index contributed by atoms with van der Waals surface area (Å²) in [6.45, 7) is 3.65. The molecule has 0 aliphatic carbocycles. The minimum atomic E-state index is -0.0953. The number of nitrogens with zero attached hydrogens (tertiary/aromatic N) is 2. The van der Waals surface area contributed by atoms with Gasteiger partial charge in [0.05, 0.1) is 18.7 Å². The van der Waals surface area contributed by atoms with Gasteiger partial charge in [0, 0.05) is 25.7 Å². The summed E-state index contributed by atoms with van der Waals surface area (Å²) in [5.41, 5.74) is 1.11. The van der Waals surface area contributed by atoms with Crippen molar-refractivity contribution in [2.75, 3.05) is 13.1 Å². The molecule has 1 aliphatic rings. The zero-order valence-corrected chi connectivity index (χ0v) is 10.5. The van der Waals surface area contributed by atoms with Crippen LogP contribution in [0.25, 0.3) is 0 Å². The molecule has 1 unspecified atom stereocenters. The highest BCUT2D eigenvalue weighted by atomic mass is 16.2. The SMILES string of the molecule is Cc1cnn(CCNC(=O)C2CCC(=O)NC2)c1. The molecule has 0 aromatic carbocycles. The Hall–Kier alpha value is -1.85. The minimum absolute atomic E-state index is 0.0129. The van der Waals surface area contributed by atoms with Crippen LogP contribution in [0.1, 0.15) is 18.4 Å². The molecule has 2 heterocycles. The fraction of sp³-hybridized carbons (Fsp3) is 0.583. The Morgan fingerprint density at radius 1 is 1.67 bits per heavy atom. The van der Waals surface area contributed by atoms with Crippen LogP contribution in [0, 0.1) is 12.8 Å². The van der Waals surface area contributed by atoms with Gasteiger partial charge in [0.15, 0.2) is 0 Å². The first-order chi connectivity index (χ1) is 8.65. The molecule has 6 heteroatoms. The second-order valence-corrected chi connectivity index (χ2v) is 4.61. The lowest BCUT2D eigenvalue weighted by molar-refractivity contribution is -0.128. The zero-order chi connectivity index (χ0) is 13.0. The van der Waals surface area contributed by atoms with Gasteiger partial charge >= 0.3 is 0 Å². The Labute approximate surface area is 106 Å². The van der Waals surface area contributed by atoms with Crippen molar-refractivity contribution < 1.29 is 9.59 Å². The summed E-state index contributed by atoms with van der Waals surface area (Å²) in [5.74, 6) is -0.0491. The van der Waals surface area contributed by atoms with Gasteiger partial charge in [-0.25, -0.2) is 0 Å². The van der Waals surface area contributed by atoms with Crippen LogP contribution >= 0.6 is 0 Å². The maximum Gasteiger partial charge on any atom is 0.224 e. The van der Waals surface area contributed by atoms with Crippen LogP contribution in [0.4, 0.5) is 0 Å². The van der Waals surface area contributed by atoms with E-state index in [1.165, 1.54) is 0 Å². The monoisotopic (exact) mass is 250 g/mol. The van der Waals surface area contributed by atoms with Gasteiger partial charge in [-0.3, -0.25) is 14.3 Å². The van der Waals surface area contributed by atoms with E-state index in [1.807, 2.05) is 13.1 Å². The van der Waals surface area contributed by atoms with E-state index in [2.05, 4.69) is 15.7 Å². The van der Waals surface area contributed by atoms with E-state index >= 15 is 0 Å². The summed E-state index contributed by atoms with van der Waals surface area (Å²) in [6.07, 6.45) is 4.81. The number of carbonyl (C=O) groups is 2. The molecular weight excluding hydrogens is 232 g/mol. The van der Waals surface area contributed by atoms with Gasteiger partial charge < -0.3 is 10.6 Å². The van der Waals surface area contributed by atoms with E-state index in [0.717, 1.165) is 5.56 Å². The zero-order valence-electron chi connectivity index (χ0n) is 10.5. The van der Waals surface area contributed by atoms with Crippen LogP contribution in [0.3, 0.4) is 0 Å². The van der Waals surface area contributed by atoms with Crippen molar-refractivity contribution in [3.05, 3.63) is 18.0 Å². The summed E-state index contributed by atoms with van der Waals surface area (Å²) >= 11 is 0. The molecule has 1 saturated heterocycles. The fourth-order valence-corrected chi connectivity index (χ4v) is 1.98. The predicted octanol–water partition coefficient (Wildman–Crippen LogP) is -0.166. The van der Waals surface area contributed by atoms with Crippen molar-refractivity contribution in [3.63, 3.8) is 0 Å². The van der Waals surface area contributed by atoms with Crippen molar-refractivity contribution in [1.82, 2.24) is 20.4 Å². The average molecular weight is 250 g/mol. The van der Waals surface area contributed by atoms with Crippen LogP contribution in [0.15, 0.2) is 12.4 Å². The molecule has 2 N–H and O–H groups in total. The fourth-order valence-electron chi connectivity index (χ4n) is 1.98. The summed E-state index contributed by atoms with van der Waals surface area (Å²) in [6, 6.07) is 0. The average Bonchev–Trinajstić information content (AvgIpc) is 2.76. The maximum absolute atomic E-state index is 11.8. The van der Waals surface area contributed by atoms with E-state index < -0.39 is 0 Å². The third-order valence-electron chi connectivity index (χ3n) is 3.04. The second-order valence-electron chi connectivity index (χ2n) is 4.61. The number of piperidine rings is 1. The first kappa shape index (κ1) is 12.6. The first-order valence-electron chi connectivity index (χ1n) is 6.18. The number of aryl methyl sites for hydroxylation is 1. The number of carbonyl (C=O) groups excluding carboxylic acids is 2. The van der Waals surface area contributed by atoms with Gasteiger partial charge in [-0.2, -0.15) is 5.10 Å². The van der Waals surface area contributed by atoms with Gasteiger partial charge in [-0.05, 0) is 18.9 Å². The lowest BCUT2D eigenvalue weighted by Gasteiger charge is -2.21. The Kier molecular flexibility index (Phi) is 3.96. The van der Waals surface area contributed by atoms with Gasteiger partial charge in [-0.15, -0.1) is 0 Å². The Balaban J connectivity index is 1.70. The van der Waals surface area contributed by atoms with E-state index in [4.69, 9.17) is 0 Å². The standard InChI is InChI=1S/C12H18N4O2/c1-9-6-15-16(8-9)5-4-13-12(18)10-2-3-11(17)14-7-10/h6,8,10H,2-5,7H2,1H3,(H,13,18)(H,14,17). The third kappa shape index (κ3) is 3.32. The topological polar surface area (TPSA) is 76.0 Å². The van der Waals surface area contributed by atoms with Crippen molar-refractivity contribution in [2.24, 2.45) is 5.92 Å². The first-order valence-corrected chi connectivity index (χ1v) is 6.18. The lowest BCUT2D eigenvalue weighted by atomic mass is 9.98. The molecule has 0 spiro atoms. The van der Waals surface area contributed by atoms with Crippen molar-refractivity contribution >= 4 is 11.8 Å². The quantitative estimate of drug-likeness (QED) is 0.779. The molecule has 1 aromatic heterocycles. The highest BCUT2D eigenvalue weighted by Crippen LogP contribution is 2.10. The summed E-state index contributed by atoms with van der Waals surface area (Å²) in [4.78, 5) is 22.8. The second kappa shape index (κ2) is 5.66. The van der Waals surface area contributed by atoms with Crippen LogP contribution in [0.5, 0.6) is 0 Å². The van der Waals surface area contributed by atoms with Crippen molar-refractivity contribution in [1.29, 1.82) is 0 Å². The number of rotatable bonds is 4. The molecule has 1 atom stereocenters. The van der Waals surface area contributed by atoms with Crippen molar-refractivity contribution in [3.8, 4) is 0 Å². The van der Waals surface area contributed by atoms with Gasteiger partial charge in [0.25, 0.3) is 0 Å². The molecule has 6 nitrogen and oxygen atoms in total. The molecule has 1 aliphatic heterocycles. The molecule has 0 bridgehead atoms. The molecule has 1 aromatic rings. The molecule has 18 heavy (non-hydrogen) atoms. The van der Waals surface area contributed by atoms with Gasteiger partial charge in [0.2, 0.25) is 11.8 Å². The number of aromatic nitrogens is 2. The van der Waals surface area contributed by atoms with E-state index in [9.17, 15) is 9.59 Å². The molecule has 2 amide bonds. The summed E-state index contributed by atoms with van der Waals surface area (Å²) in [5, 5.41) is 9.72. The smallest absolute Gasteiger partial charge is 0.224 e. The molecule has 0 saturated carbocycles. The number of hydrogen-bond acceptors (Lipinski definition) is 3. The minimum Gasteiger partial charge on any atom is -0.355 e. The highest BCUT2D eigenvalue weighted by Gasteiger charge is 2.23. The number of amides is 2. The van der Waals surface area contributed by atoms with E-state index in [1.54, 1.807) is 10.9 Å². The molecule has 98 valence electrons. The number of nitrogens with one attached hydrogen (secondary N) is 2. The molecule has 0 radical (unpaired) electrons. The van der Waals surface area contributed by atoms with Crippen LogP contribution < -0.4 is 10.6 Å². The van der Waals surface area contributed by atoms with E-state index in [0.29, 0.717) is 32.5 Å². The van der Waals surface area contributed by atoms with Crippen LogP contribution in [-0.4, -0.2) is 34.7 Å². The molecule has 1 fully saturated rings. The Morgan fingerprint density at radius 2 is 2.50 bits per heavy atom. The molecular formula is C12H18N4O2. The summed E-state index contributed by atoms with van der Waals surface area (Å²) < 4.78 is 1.80. The summed E-state index contributed by atoms with van der Waals surface area (Å²) in [7, 11) is 0. The van der Waals surface area contributed by atoms with Crippen molar-refractivity contribution in [2.45, 2.75) is 26.3 Å².